The van der Waals surface area contributed by atoms with Crippen LogP contribution in [0, 0.1) is 22.0 Å². The van der Waals surface area contributed by atoms with Crippen LogP contribution in [0.1, 0.15) is 44.6 Å². The number of esters is 1. The van der Waals surface area contributed by atoms with Gasteiger partial charge in [0.1, 0.15) is 24.1 Å². The quantitative estimate of drug-likeness (QED) is 0.0568. The van der Waals surface area contributed by atoms with Gasteiger partial charge in [0, 0.05) is 18.8 Å². The summed E-state index contributed by atoms with van der Waals surface area (Å²) < 4.78 is 39.2. The number of nitrogens with zero attached hydrogens (tertiary/aromatic N) is 1. The van der Waals surface area contributed by atoms with Gasteiger partial charge in [-0.15, -0.1) is 10.1 Å². The fourth-order valence-electron chi connectivity index (χ4n) is 4.81. The second kappa shape index (κ2) is 17.2. The zero-order valence-corrected chi connectivity index (χ0v) is 24.8. The van der Waals surface area contributed by atoms with E-state index in [4.69, 9.17) is 9.47 Å². The maximum Gasteiger partial charge on any atom is 0.333 e. The summed E-state index contributed by atoms with van der Waals surface area (Å²) in [4.78, 5) is 39.1. The van der Waals surface area contributed by atoms with Crippen LogP contribution >= 0.6 is 0 Å². The first kappa shape index (κ1) is 35.1. The lowest BCUT2D eigenvalue weighted by Gasteiger charge is -2.20. The molecule has 0 radical (unpaired) electrons. The highest BCUT2D eigenvalue weighted by Crippen LogP contribution is 2.37. The van der Waals surface area contributed by atoms with Crippen molar-refractivity contribution in [3.63, 3.8) is 0 Å². The topological polar surface area (TPSA) is 157 Å². The standard InChI is InChI=1S/C32H38F2N2O9/c1-22(31(40)45-25-15-13-23(14-16-25)20-44-36(41)42)35-30(39)12-8-3-2-7-11-26-27(29(38)19-28(26)37)17-18-32(33,34)21-43-24-9-5-4-6-10-24/h2,4-7,9-10,13-18,22,26-29,37-38H,3,8,11-12,19-21H2,1H3,(H,35,39)/b7-2-,18-17+/t22?,26-,27-,28+,29-/m1/s1. The number of unbranched alkanes of at least 4 members (excludes halogenated alkanes) is 1. The molecular weight excluding hydrogens is 594 g/mol. The molecule has 244 valence electrons. The molecule has 3 N–H and O–H groups in total. The molecule has 1 fully saturated rings. The second-order valence-corrected chi connectivity index (χ2v) is 10.8. The molecule has 0 aromatic heterocycles. The summed E-state index contributed by atoms with van der Waals surface area (Å²) in [6.45, 7) is 0.397. The average Bonchev–Trinajstić information content (AvgIpc) is 3.28. The molecule has 0 bridgehead atoms. The number of allylic oxidation sites excluding steroid dienone is 2. The van der Waals surface area contributed by atoms with Gasteiger partial charge in [-0.1, -0.05) is 48.6 Å². The van der Waals surface area contributed by atoms with Crippen molar-refractivity contribution in [1.29, 1.82) is 0 Å². The summed E-state index contributed by atoms with van der Waals surface area (Å²) >= 11 is 0. The smallest absolute Gasteiger partial charge is 0.333 e. The van der Waals surface area contributed by atoms with E-state index in [0.29, 0.717) is 30.6 Å². The molecule has 0 heterocycles. The van der Waals surface area contributed by atoms with E-state index in [1.807, 2.05) is 6.08 Å². The van der Waals surface area contributed by atoms with E-state index >= 15 is 0 Å². The van der Waals surface area contributed by atoms with Gasteiger partial charge in [-0.05, 0) is 68.0 Å². The van der Waals surface area contributed by atoms with E-state index in [1.165, 1.54) is 37.3 Å². The summed E-state index contributed by atoms with van der Waals surface area (Å²) in [6.07, 6.45) is 5.40. The molecule has 1 aliphatic carbocycles. The minimum Gasteiger partial charge on any atom is -0.487 e. The second-order valence-electron chi connectivity index (χ2n) is 10.8. The van der Waals surface area contributed by atoms with Crippen molar-refractivity contribution in [2.24, 2.45) is 11.8 Å². The molecule has 1 unspecified atom stereocenters. The fraction of sp³-hybridized carbons (Fsp3) is 0.438. The van der Waals surface area contributed by atoms with Gasteiger partial charge < -0.3 is 29.8 Å². The van der Waals surface area contributed by atoms with Crippen molar-refractivity contribution in [2.45, 2.75) is 69.8 Å². The maximum atomic E-state index is 14.4. The molecule has 1 saturated carbocycles. The number of carbonyl (C=O) groups excluding carboxylic acids is 2. The third-order valence-corrected chi connectivity index (χ3v) is 7.21. The molecule has 2 aromatic rings. The highest BCUT2D eigenvalue weighted by atomic mass is 19.3. The number of nitrogens with one attached hydrogen (secondary N) is 1. The Balaban J connectivity index is 1.37. The zero-order valence-electron chi connectivity index (χ0n) is 24.8. The predicted octanol–water partition coefficient (Wildman–Crippen LogP) is 4.55. The number of rotatable bonds is 17. The largest absolute Gasteiger partial charge is 0.487 e. The summed E-state index contributed by atoms with van der Waals surface area (Å²) in [6, 6.07) is 13.3. The first-order valence-electron chi connectivity index (χ1n) is 14.6. The first-order valence-corrected chi connectivity index (χ1v) is 14.6. The molecule has 45 heavy (non-hydrogen) atoms. The molecule has 3 rings (SSSR count). The van der Waals surface area contributed by atoms with Crippen molar-refractivity contribution in [1.82, 2.24) is 5.32 Å². The van der Waals surface area contributed by atoms with Gasteiger partial charge in [0.05, 0.1) is 12.2 Å². The minimum absolute atomic E-state index is 0.0879. The Morgan fingerprint density at radius 1 is 1.09 bits per heavy atom. The monoisotopic (exact) mass is 632 g/mol. The molecular formula is C32H38F2N2O9. The van der Waals surface area contributed by atoms with E-state index in [0.717, 1.165) is 6.08 Å². The normalized spacial score (nSPS) is 20.6. The van der Waals surface area contributed by atoms with Gasteiger partial charge in [-0.25, -0.2) is 4.79 Å². The molecule has 0 saturated heterocycles. The van der Waals surface area contributed by atoms with Crippen molar-refractivity contribution in [2.75, 3.05) is 6.61 Å². The van der Waals surface area contributed by atoms with Gasteiger partial charge in [-0.2, -0.15) is 8.78 Å². The van der Waals surface area contributed by atoms with Crippen LogP contribution in [0.15, 0.2) is 78.9 Å². The Kier molecular flexibility index (Phi) is 13.4. The predicted molar refractivity (Wildman–Crippen MR) is 159 cm³/mol. The Labute approximate surface area is 259 Å². The van der Waals surface area contributed by atoms with Crippen LogP contribution in [0.4, 0.5) is 8.78 Å². The summed E-state index contributed by atoms with van der Waals surface area (Å²) in [5.74, 6) is -4.86. The minimum atomic E-state index is -3.26. The van der Waals surface area contributed by atoms with Gasteiger partial charge in [0.25, 0.3) is 11.0 Å². The number of benzene rings is 2. The van der Waals surface area contributed by atoms with E-state index in [2.05, 4.69) is 10.2 Å². The summed E-state index contributed by atoms with van der Waals surface area (Å²) in [5.41, 5.74) is 0.515. The molecule has 13 heteroatoms. The molecule has 0 aliphatic heterocycles. The number of hydrogen-bond donors (Lipinski definition) is 3. The van der Waals surface area contributed by atoms with E-state index in [9.17, 15) is 38.7 Å². The molecule has 11 nitrogen and oxygen atoms in total. The highest BCUT2D eigenvalue weighted by molar-refractivity contribution is 5.85. The summed E-state index contributed by atoms with van der Waals surface area (Å²) in [5, 5.41) is 32.7. The number of carbonyl (C=O) groups is 2. The van der Waals surface area contributed by atoms with E-state index in [1.54, 1.807) is 36.4 Å². The number of aliphatic hydroxyl groups is 2. The number of halogens is 2. The van der Waals surface area contributed by atoms with Crippen molar-refractivity contribution in [3.05, 3.63) is 94.6 Å². The SMILES string of the molecule is CC(NC(=O)CCC/C=C\C[C@@H]1[C@@H](/C=C/C(F)(F)COc2ccccc2)[C@H](O)C[C@@H]1O)C(=O)Oc1ccc(CO[N+](=O)[O-])cc1. The lowest BCUT2D eigenvalue weighted by Crippen LogP contribution is -2.40. The molecule has 1 amide bonds. The molecule has 0 spiro atoms. The zero-order chi connectivity index (χ0) is 32.8. The Hall–Kier alpha value is -4.36. The van der Waals surface area contributed by atoms with Crippen LogP contribution in [-0.2, 0) is 21.0 Å². The van der Waals surface area contributed by atoms with Crippen LogP contribution in [-0.4, -0.2) is 58.0 Å². The Morgan fingerprint density at radius 2 is 1.80 bits per heavy atom. The summed E-state index contributed by atoms with van der Waals surface area (Å²) in [7, 11) is 0. The highest BCUT2D eigenvalue weighted by Gasteiger charge is 2.40. The van der Waals surface area contributed by atoms with Crippen molar-refractivity contribution in [3.8, 4) is 11.5 Å². The Morgan fingerprint density at radius 3 is 2.49 bits per heavy atom. The number of alkyl halides is 2. The first-order chi connectivity index (χ1) is 21.4. The number of hydrogen-bond acceptors (Lipinski definition) is 9. The van der Waals surface area contributed by atoms with Crippen LogP contribution in [0.2, 0.25) is 0 Å². The maximum absolute atomic E-state index is 14.4. The van der Waals surface area contributed by atoms with E-state index < -0.39 is 53.7 Å². The number of aliphatic hydroxyl groups excluding tert-OH is 2. The van der Waals surface area contributed by atoms with Gasteiger partial charge in [0.15, 0.2) is 6.61 Å². The van der Waals surface area contributed by atoms with Crippen LogP contribution in [0.5, 0.6) is 11.5 Å². The van der Waals surface area contributed by atoms with Gasteiger partial charge in [0.2, 0.25) is 5.91 Å². The molecule has 2 aromatic carbocycles. The number of amides is 1. The number of para-hydroxylation sites is 1. The average molecular weight is 633 g/mol. The Bertz CT molecular complexity index is 1310. The molecule has 1 aliphatic rings. The lowest BCUT2D eigenvalue weighted by molar-refractivity contribution is -0.763. The number of ether oxygens (including phenoxy) is 2. The molecule has 5 atom stereocenters. The fourth-order valence-corrected chi connectivity index (χ4v) is 4.81. The van der Waals surface area contributed by atoms with Crippen LogP contribution in [0.25, 0.3) is 0 Å². The van der Waals surface area contributed by atoms with Crippen molar-refractivity contribution >= 4 is 11.9 Å². The third kappa shape index (κ3) is 12.3. The van der Waals surface area contributed by atoms with Crippen LogP contribution < -0.4 is 14.8 Å². The van der Waals surface area contributed by atoms with E-state index in [-0.39, 0.29) is 31.1 Å². The van der Waals surface area contributed by atoms with Crippen molar-refractivity contribution < 1.29 is 48.0 Å². The third-order valence-electron chi connectivity index (χ3n) is 7.21. The van der Waals surface area contributed by atoms with Crippen LogP contribution in [0.3, 0.4) is 0 Å². The van der Waals surface area contributed by atoms with Gasteiger partial charge in [-0.3, -0.25) is 4.79 Å². The lowest BCUT2D eigenvalue weighted by atomic mass is 9.89. The van der Waals surface area contributed by atoms with Gasteiger partial charge >= 0.3 is 5.97 Å².